The fourth-order valence-electron chi connectivity index (χ4n) is 1.04. The molecular formula is C10H12ClO2. The van der Waals surface area contributed by atoms with Crippen LogP contribution >= 0.6 is 11.6 Å². The highest BCUT2D eigenvalue weighted by molar-refractivity contribution is 6.32. The summed E-state index contributed by atoms with van der Waals surface area (Å²) in [6.45, 7) is 3.79. The molecule has 1 aromatic rings. The van der Waals surface area contributed by atoms with E-state index in [1.54, 1.807) is 19.2 Å². The summed E-state index contributed by atoms with van der Waals surface area (Å²) in [6.07, 6.45) is 0. The van der Waals surface area contributed by atoms with Gasteiger partial charge in [-0.15, -0.1) is 0 Å². The molecule has 0 fully saturated rings. The molecule has 1 unspecified atom stereocenters. The van der Waals surface area contributed by atoms with Crippen LogP contribution in [-0.2, 0) is 0 Å². The molecule has 71 valence electrons. The molecule has 1 radical (unpaired) electrons. The Morgan fingerprint density at radius 3 is 2.77 bits per heavy atom. The van der Waals surface area contributed by atoms with E-state index in [4.69, 9.17) is 21.4 Å². The standard InChI is InChI=1S/C10H12ClO2/c1-7(6-12)8-3-4-10(13-2)9(11)5-8/h3-5,7,12H,1,6H2,2H3. The summed E-state index contributed by atoms with van der Waals surface area (Å²) in [7, 11) is 1.56. The summed E-state index contributed by atoms with van der Waals surface area (Å²) >= 11 is 5.90. The monoisotopic (exact) mass is 199 g/mol. The number of aliphatic hydroxyl groups excluding tert-OH is 1. The Morgan fingerprint density at radius 2 is 2.31 bits per heavy atom. The Bertz CT molecular complexity index is 286. The SMILES string of the molecule is [CH2]C(CO)c1ccc(OC)c(Cl)c1. The molecular weight excluding hydrogens is 188 g/mol. The first-order valence-electron chi connectivity index (χ1n) is 3.96. The minimum Gasteiger partial charge on any atom is -0.495 e. The van der Waals surface area contributed by atoms with Gasteiger partial charge in [-0.3, -0.25) is 0 Å². The highest BCUT2D eigenvalue weighted by Crippen LogP contribution is 2.27. The van der Waals surface area contributed by atoms with E-state index in [0.717, 1.165) is 5.56 Å². The summed E-state index contributed by atoms with van der Waals surface area (Å²) in [4.78, 5) is 0. The molecule has 1 aromatic carbocycles. The van der Waals surface area contributed by atoms with Crippen molar-refractivity contribution in [1.82, 2.24) is 0 Å². The van der Waals surface area contributed by atoms with Gasteiger partial charge in [0.25, 0.3) is 0 Å². The Labute approximate surface area is 83.1 Å². The maximum Gasteiger partial charge on any atom is 0.137 e. The third-order valence-corrected chi connectivity index (χ3v) is 2.16. The molecule has 0 aliphatic rings. The fourth-order valence-corrected chi connectivity index (χ4v) is 1.31. The normalized spacial score (nSPS) is 12.6. The number of hydrogen-bond acceptors (Lipinski definition) is 2. The van der Waals surface area contributed by atoms with Crippen molar-refractivity contribution < 1.29 is 9.84 Å². The quantitative estimate of drug-likeness (QED) is 0.809. The third kappa shape index (κ3) is 2.36. The third-order valence-electron chi connectivity index (χ3n) is 1.87. The van der Waals surface area contributed by atoms with Crippen molar-refractivity contribution in [3.05, 3.63) is 35.7 Å². The van der Waals surface area contributed by atoms with Gasteiger partial charge in [-0.05, 0) is 24.6 Å². The minimum atomic E-state index is -0.136. The number of halogens is 1. The van der Waals surface area contributed by atoms with Crippen LogP contribution in [0.1, 0.15) is 11.5 Å². The Balaban J connectivity index is 2.95. The zero-order chi connectivity index (χ0) is 9.84. The van der Waals surface area contributed by atoms with Crippen LogP contribution in [0.2, 0.25) is 5.02 Å². The van der Waals surface area contributed by atoms with Gasteiger partial charge in [0.15, 0.2) is 0 Å². The average Bonchev–Trinajstić information content (AvgIpc) is 2.16. The van der Waals surface area contributed by atoms with Crippen molar-refractivity contribution in [3.63, 3.8) is 0 Å². The first-order valence-corrected chi connectivity index (χ1v) is 4.34. The number of benzene rings is 1. The lowest BCUT2D eigenvalue weighted by Gasteiger charge is -2.10. The summed E-state index contributed by atoms with van der Waals surface area (Å²) in [5, 5.41) is 9.41. The van der Waals surface area contributed by atoms with Gasteiger partial charge in [0.05, 0.1) is 12.1 Å². The fraction of sp³-hybridized carbons (Fsp3) is 0.300. The lowest BCUT2D eigenvalue weighted by molar-refractivity contribution is 0.282. The number of hydrogen-bond donors (Lipinski definition) is 1. The van der Waals surface area contributed by atoms with Crippen molar-refractivity contribution in [1.29, 1.82) is 0 Å². The molecule has 1 rings (SSSR count). The molecule has 0 saturated heterocycles. The Kier molecular flexibility index (Phi) is 3.58. The highest BCUT2D eigenvalue weighted by Gasteiger charge is 2.07. The van der Waals surface area contributed by atoms with E-state index < -0.39 is 0 Å². The van der Waals surface area contributed by atoms with Gasteiger partial charge in [0.1, 0.15) is 5.75 Å². The van der Waals surface area contributed by atoms with Crippen LogP contribution in [0.25, 0.3) is 0 Å². The summed E-state index contributed by atoms with van der Waals surface area (Å²) < 4.78 is 5.00. The van der Waals surface area contributed by atoms with Crippen molar-refractivity contribution in [2.24, 2.45) is 0 Å². The summed E-state index contributed by atoms with van der Waals surface area (Å²) in [5.41, 5.74) is 0.910. The number of aliphatic hydroxyl groups is 1. The molecule has 0 spiro atoms. The van der Waals surface area contributed by atoms with Gasteiger partial charge in [-0.2, -0.15) is 0 Å². The molecule has 13 heavy (non-hydrogen) atoms. The van der Waals surface area contributed by atoms with Crippen molar-refractivity contribution in [2.75, 3.05) is 13.7 Å². The first kappa shape index (κ1) is 10.4. The molecule has 0 heterocycles. The van der Waals surface area contributed by atoms with E-state index in [1.165, 1.54) is 0 Å². The molecule has 0 amide bonds. The van der Waals surface area contributed by atoms with Gasteiger partial charge in [0.2, 0.25) is 0 Å². The molecule has 3 heteroatoms. The van der Waals surface area contributed by atoms with E-state index in [1.807, 2.05) is 6.07 Å². The average molecular weight is 200 g/mol. The lowest BCUT2D eigenvalue weighted by atomic mass is 10.0. The van der Waals surface area contributed by atoms with E-state index >= 15 is 0 Å². The van der Waals surface area contributed by atoms with E-state index in [2.05, 4.69) is 6.92 Å². The minimum absolute atomic E-state index is 0.0165. The maximum absolute atomic E-state index is 8.87. The van der Waals surface area contributed by atoms with E-state index in [-0.39, 0.29) is 12.5 Å². The maximum atomic E-state index is 8.87. The second-order valence-electron chi connectivity index (χ2n) is 2.77. The van der Waals surface area contributed by atoms with E-state index in [9.17, 15) is 0 Å². The van der Waals surface area contributed by atoms with Gasteiger partial charge < -0.3 is 9.84 Å². The van der Waals surface area contributed by atoms with Crippen LogP contribution < -0.4 is 4.74 Å². The second kappa shape index (κ2) is 4.49. The van der Waals surface area contributed by atoms with Crippen molar-refractivity contribution >= 4 is 11.6 Å². The molecule has 1 N–H and O–H groups in total. The number of ether oxygens (including phenoxy) is 1. The number of rotatable bonds is 3. The van der Waals surface area contributed by atoms with Crippen molar-refractivity contribution in [3.8, 4) is 5.75 Å². The van der Waals surface area contributed by atoms with Gasteiger partial charge in [-0.1, -0.05) is 17.7 Å². The van der Waals surface area contributed by atoms with E-state index in [0.29, 0.717) is 10.8 Å². The predicted molar refractivity (Wildman–Crippen MR) is 53.2 cm³/mol. The smallest absolute Gasteiger partial charge is 0.137 e. The molecule has 2 nitrogen and oxygen atoms in total. The van der Waals surface area contributed by atoms with Crippen LogP contribution in [0.3, 0.4) is 0 Å². The molecule has 0 aliphatic carbocycles. The zero-order valence-electron chi connectivity index (χ0n) is 7.46. The largest absolute Gasteiger partial charge is 0.495 e. The second-order valence-corrected chi connectivity index (χ2v) is 3.18. The van der Waals surface area contributed by atoms with Gasteiger partial charge in [-0.25, -0.2) is 0 Å². The summed E-state index contributed by atoms with van der Waals surface area (Å²) in [6, 6.07) is 5.37. The van der Waals surface area contributed by atoms with Crippen LogP contribution in [-0.4, -0.2) is 18.8 Å². The Morgan fingerprint density at radius 1 is 1.62 bits per heavy atom. The first-order chi connectivity index (χ1) is 6.19. The topological polar surface area (TPSA) is 29.5 Å². The molecule has 0 bridgehead atoms. The molecule has 1 atom stereocenters. The van der Waals surface area contributed by atoms with Gasteiger partial charge >= 0.3 is 0 Å². The summed E-state index contributed by atoms with van der Waals surface area (Å²) in [5.74, 6) is 0.499. The van der Waals surface area contributed by atoms with Gasteiger partial charge in [0, 0.05) is 12.5 Å². The zero-order valence-corrected chi connectivity index (χ0v) is 8.21. The van der Waals surface area contributed by atoms with Crippen molar-refractivity contribution in [2.45, 2.75) is 5.92 Å². The van der Waals surface area contributed by atoms with Crippen LogP contribution in [0, 0.1) is 6.92 Å². The highest BCUT2D eigenvalue weighted by atomic mass is 35.5. The molecule has 0 aromatic heterocycles. The molecule has 0 aliphatic heterocycles. The van der Waals surface area contributed by atoms with Crippen LogP contribution in [0.15, 0.2) is 18.2 Å². The predicted octanol–water partition coefficient (Wildman–Crippen LogP) is 2.26. The lowest BCUT2D eigenvalue weighted by Crippen LogP contribution is -1.99. The van der Waals surface area contributed by atoms with Crippen LogP contribution in [0.4, 0.5) is 0 Å². The number of methoxy groups -OCH3 is 1. The van der Waals surface area contributed by atoms with Crippen LogP contribution in [0.5, 0.6) is 5.75 Å². The molecule has 0 saturated carbocycles. The Hall–Kier alpha value is -0.730.